The first-order valence-electron chi connectivity index (χ1n) is 9.65. The molecule has 3 aromatic rings. The van der Waals surface area contributed by atoms with Gasteiger partial charge in [0.1, 0.15) is 17.5 Å². The normalized spacial score (nSPS) is 18.2. The average Bonchev–Trinajstić information content (AvgIpc) is 3.30. The molecule has 4 heterocycles. The summed E-state index contributed by atoms with van der Waals surface area (Å²) < 4.78 is 2.03. The van der Waals surface area contributed by atoms with Crippen LogP contribution in [0.15, 0.2) is 36.0 Å². The highest BCUT2D eigenvalue weighted by molar-refractivity contribution is 7.09. The molecule has 5 rings (SSSR count). The zero-order valence-electron chi connectivity index (χ0n) is 15.6. The minimum absolute atomic E-state index is 0.762. The molecule has 0 atom stereocenters. The maximum absolute atomic E-state index is 4.86. The highest BCUT2D eigenvalue weighted by atomic mass is 32.1. The molecule has 1 saturated carbocycles. The van der Waals surface area contributed by atoms with Crippen LogP contribution >= 0.6 is 11.3 Å². The third-order valence-corrected chi connectivity index (χ3v) is 6.43. The topological polar surface area (TPSA) is 50.1 Å². The van der Waals surface area contributed by atoms with E-state index in [0.29, 0.717) is 0 Å². The van der Waals surface area contributed by atoms with Crippen LogP contribution in [0.4, 0.5) is 5.82 Å². The third kappa shape index (κ3) is 3.61. The Morgan fingerprint density at radius 1 is 1.07 bits per heavy atom. The van der Waals surface area contributed by atoms with Gasteiger partial charge < -0.3 is 4.90 Å². The fourth-order valence-electron chi connectivity index (χ4n) is 3.62. The Hall–Kier alpha value is -2.25. The molecule has 1 saturated heterocycles. The lowest BCUT2D eigenvalue weighted by molar-refractivity contribution is 0.247. The van der Waals surface area contributed by atoms with Gasteiger partial charge in [-0.25, -0.2) is 15.0 Å². The van der Waals surface area contributed by atoms with Gasteiger partial charge in [0.2, 0.25) is 0 Å². The van der Waals surface area contributed by atoms with Gasteiger partial charge in [-0.2, -0.15) is 0 Å². The SMILES string of the molecule is Cc1nccn1-c1cccc(N2CCN(Cc3csc(C4CC4)n3)CC2)n1. The lowest BCUT2D eigenvalue weighted by atomic mass is 10.3. The minimum atomic E-state index is 0.762. The molecule has 0 radical (unpaired) electrons. The van der Waals surface area contributed by atoms with Crippen molar-refractivity contribution in [2.24, 2.45) is 0 Å². The van der Waals surface area contributed by atoms with E-state index in [1.807, 2.05) is 41.3 Å². The van der Waals surface area contributed by atoms with Crippen molar-refractivity contribution in [3.63, 3.8) is 0 Å². The second-order valence-corrected chi connectivity index (χ2v) is 8.30. The van der Waals surface area contributed by atoms with Crippen LogP contribution in [-0.4, -0.2) is 50.6 Å². The van der Waals surface area contributed by atoms with Crippen molar-refractivity contribution >= 4 is 17.2 Å². The van der Waals surface area contributed by atoms with Crippen LogP contribution < -0.4 is 4.90 Å². The van der Waals surface area contributed by atoms with Crippen molar-refractivity contribution in [2.75, 3.05) is 31.1 Å². The first-order chi connectivity index (χ1) is 13.3. The Bertz CT molecular complexity index is 920. The highest BCUT2D eigenvalue weighted by Gasteiger charge is 2.27. The number of pyridine rings is 1. The molecular weight excluding hydrogens is 356 g/mol. The Morgan fingerprint density at radius 3 is 2.63 bits per heavy atom. The molecule has 1 aliphatic carbocycles. The van der Waals surface area contributed by atoms with E-state index in [1.165, 1.54) is 23.5 Å². The quantitative estimate of drug-likeness (QED) is 0.680. The maximum atomic E-state index is 4.86. The van der Waals surface area contributed by atoms with Crippen molar-refractivity contribution in [3.05, 3.63) is 52.5 Å². The van der Waals surface area contributed by atoms with Crippen LogP contribution in [0.5, 0.6) is 0 Å². The van der Waals surface area contributed by atoms with Gasteiger partial charge in [0.15, 0.2) is 0 Å². The van der Waals surface area contributed by atoms with E-state index < -0.39 is 0 Å². The number of piperazine rings is 1. The Labute approximate surface area is 163 Å². The molecule has 6 nitrogen and oxygen atoms in total. The van der Waals surface area contributed by atoms with Gasteiger partial charge in [-0.3, -0.25) is 9.47 Å². The van der Waals surface area contributed by atoms with Crippen molar-refractivity contribution in [2.45, 2.75) is 32.2 Å². The second-order valence-electron chi connectivity index (χ2n) is 7.41. The van der Waals surface area contributed by atoms with E-state index in [2.05, 4.69) is 32.3 Å². The minimum Gasteiger partial charge on any atom is -0.354 e. The largest absolute Gasteiger partial charge is 0.354 e. The fourth-order valence-corrected chi connectivity index (χ4v) is 4.60. The molecule has 0 amide bonds. The van der Waals surface area contributed by atoms with E-state index in [9.17, 15) is 0 Å². The summed E-state index contributed by atoms with van der Waals surface area (Å²) in [6.45, 7) is 7.07. The summed E-state index contributed by atoms with van der Waals surface area (Å²) in [5.74, 6) is 3.70. The van der Waals surface area contributed by atoms with Crippen LogP contribution in [-0.2, 0) is 6.54 Å². The van der Waals surface area contributed by atoms with Gasteiger partial charge in [0, 0.05) is 56.4 Å². The lowest BCUT2D eigenvalue weighted by Crippen LogP contribution is -2.46. The van der Waals surface area contributed by atoms with E-state index in [4.69, 9.17) is 9.97 Å². The van der Waals surface area contributed by atoms with Crippen LogP contribution in [0, 0.1) is 6.92 Å². The van der Waals surface area contributed by atoms with Gasteiger partial charge in [-0.15, -0.1) is 11.3 Å². The molecule has 0 unspecified atom stereocenters. The number of anilines is 1. The lowest BCUT2D eigenvalue weighted by Gasteiger charge is -2.35. The molecular formula is C20H24N6S. The van der Waals surface area contributed by atoms with Gasteiger partial charge in [-0.1, -0.05) is 6.07 Å². The molecule has 7 heteroatoms. The van der Waals surface area contributed by atoms with E-state index >= 15 is 0 Å². The predicted octanol–water partition coefficient (Wildman–Crippen LogP) is 3.23. The summed E-state index contributed by atoms with van der Waals surface area (Å²) >= 11 is 1.84. The van der Waals surface area contributed by atoms with Crippen molar-refractivity contribution in [1.29, 1.82) is 0 Å². The first-order valence-corrected chi connectivity index (χ1v) is 10.5. The number of rotatable bonds is 5. The number of hydrogen-bond donors (Lipinski definition) is 0. The molecule has 0 N–H and O–H groups in total. The van der Waals surface area contributed by atoms with Crippen molar-refractivity contribution in [1.82, 2.24) is 24.4 Å². The number of thiazole rings is 1. The highest BCUT2D eigenvalue weighted by Crippen LogP contribution is 2.41. The average molecular weight is 381 g/mol. The summed E-state index contributed by atoms with van der Waals surface area (Å²) in [5, 5.41) is 3.60. The van der Waals surface area contributed by atoms with E-state index in [1.54, 1.807) is 0 Å². The number of hydrogen-bond acceptors (Lipinski definition) is 6. The standard InChI is InChI=1S/C20H24N6S/c1-15-21-7-8-26(15)19-4-2-3-18(23-19)25-11-9-24(10-12-25)13-17-14-27-20(22-17)16-5-6-16/h2-4,7-8,14,16H,5-6,9-13H2,1H3. The van der Waals surface area contributed by atoms with Crippen molar-refractivity contribution in [3.8, 4) is 5.82 Å². The molecule has 27 heavy (non-hydrogen) atoms. The Morgan fingerprint density at radius 2 is 1.89 bits per heavy atom. The van der Waals surface area contributed by atoms with E-state index in [-0.39, 0.29) is 0 Å². The fraction of sp³-hybridized carbons (Fsp3) is 0.450. The van der Waals surface area contributed by atoms with Crippen LogP contribution in [0.1, 0.15) is 35.3 Å². The molecule has 1 aliphatic heterocycles. The van der Waals surface area contributed by atoms with Gasteiger partial charge in [-0.05, 0) is 31.9 Å². The number of aromatic nitrogens is 4. The second kappa shape index (κ2) is 7.05. The predicted molar refractivity (Wildman–Crippen MR) is 108 cm³/mol. The zero-order valence-corrected chi connectivity index (χ0v) is 16.4. The monoisotopic (exact) mass is 380 g/mol. The van der Waals surface area contributed by atoms with Crippen molar-refractivity contribution < 1.29 is 0 Å². The summed E-state index contributed by atoms with van der Waals surface area (Å²) in [6.07, 6.45) is 6.44. The van der Waals surface area contributed by atoms with E-state index in [0.717, 1.165) is 56.1 Å². The van der Waals surface area contributed by atoms with Crippen LogP contribution in [0.2, 0.25) is 0 Å². The molecule has 0 aromatic carbocycles. The third-order valence-electron chi connectivity index (χ3n) is 5.37. The number of nitrogens with zero attached hydrogens (tertiary/aromatic N) is 6. The Kier molecular flexibility index (Phi) is 4.41. The molecule has 0 bridgehead atoms. The maximum Gasteiger partial charge on any atom is 0.140 e. The van der Waals surface area contributed by atoms with Crippen LogP contribution in [0.25, 0.3) is 5.82 Å². The number of aryl methyl sites for hydroxylation is 1. The Balaban J connectivity index is 1.22. The smallest absolute Gasteiger partial charge is 0.140 e. The van der Waals surface area contributed by atoms with Gasteiger partial charge in [0.25, 0.3) is 0 Å². The molecule has 3 aromatic heterocycles. The first kappa shape index (κ1) is 16.9. The summed E-state index contributed by atoms with van der Waals surface area (Å²) in [7, 11) is 0. The van der Waals surface area contributed by atoms with Crippen LogP contribution in [0.3, 0.4) is 0 Å². The summed E-state index contributed by atoms with van der Waals surface area (Å²) in [5.41, 5.74) is 1.24. The molecule has 140 valence electrons. The van der Waals surface area contributed by atoms with Gasteiger partial charge in [0.05, 0.1) is 10.7 Å². The zero-order chi connectivity index (χ0) is 18.2. The summed E-state index contributed by atoms with van der Waals surface area (Å²) in [6, 6.07) is 6.22. The molecule has 2 fully saturated rings. The summed E-state index contributed by atoms with van der Waals surface area (Å²) in [4.78, 5) is 18.9. The number of imidazole rings is 1. The molecule has 0 spiro atoms. The van der Waals surface area contributed by atoms with Gasteiger partial charge >= 0.3 is 0 Å². The molecule has 2 aliphatic rings.